The highest BCUT2D eigenvalue weighted by Crippen LogP contribution is 2.38. The van der Waals surface area contributed by atoms with Crippen molar-refractivity contribution in [3.05, 3.63) is 17.8 Å². The molecule has 6 heteroatoms. The Morgan fingerprint density at radius 3 is 2.35 bits per heavy atom. The van der Waals surface area contributed by atoms with E-state index in [9.17, 15) is 4.79 Å². The van der Waals surface area contributed by atoms with Gasteiger partial charge in [0.2, 0.25) is 5.91 Å². The molecule has 1 saturated carbocycles. The third kappa shape index (κ3) is 3.32. The predicted molar refractivity (Wildman–Crippen MR) is 86.3 cm³/mol. The minimum Gasteiger partial charge on any atom is -0.381 e. The molecule has 1 amide bonds. The molecule has 0 bridgehead atoms. The molecular weight excluding hydrogens is 292 g/mol. The molecule has 1 aromatic rings. The fraction of sp³-hybridized carbons (Fsp3) is 0.706. The van der Waals surface area contributed by atoms with E-state index in [-0.39, 0.29) is 5.92 Å². The fourth-order valence-corrected chi connectivity index (χ4v) is 3.46. The summed E-state index contributed by atoms with van der Waals surface area (Å²) in [4.78, 5) is 16.8. The highest BCUT2D eigenvalue weighted by molar-refractivity contribution is 5.79. The summed E-state index contributed by atoms with van der Waals surface area (Å²) < 4.78 is 5.35. The summed E-state index contributed by atoms with van der Waals surface area (Å²) in [7, 11) is 0. The number of ether oxygens (including phenoxy) is 1. The number of hydrogen-bond donors (Lipinski definition) is 0. The Morgan fingerprint density at radius 1 is 1.00 bits per heavy atom. The van der Waals surface area contributed by atoms with Crippen molar-refractivity contribution in [2.75, 3.05) is 44.3 Å². The normalized spacial score (nSPS) is 23.1. The molecule has 3 aliphatic rings. The van der Waals surface area contributed by atoms with Crippen molar-refractivity contribution in [1.82, 2.24) is 15.1 Å². The molecule has 124 valence electrons. The lowest BCUT2D eigenvalue weighted by Gasteiger charge is -2.37. The number of amides is 1. The number of carbonyl (C=O) groups is 1. The number of rotatable bonds is 3. The fourth-order valence-electron chi connectivity index (χ4n) is 3.46. The molecule has 23 heavy (non-hydrogen) atoms. The molecule has 2 saturated heterocycles. The van der Waals surface area contributed by atoms with Crippen LogP contribution in [0.25, 0.3) is 0 Å². The van der Waals surface area contributed by atoms with Crippen LogP contribution in [0.3, 0.4) is 0 Å². The van der Waals surface area contributed by atoms with Crippen molar-refractivity contribution < 1.29 is 9.53 Å². The highest BCUT2D eigenvalue weighted by Gasteiger charge is 2.29. The Hall–Kier alpha value is -1.69. The van der Waals surface area contributed by atoms with Crippen LogP contribution < -0.4 is 4.90 Å². The molecule has 0 aromatic carbocycles. The molecule has 6 nitrogen and oxygen atoms in total. The van der Waals surface area contributed by atoms with E-state index in [2.05, 4.69) is 27.2 Å². The number of aromatic nitrogens is 2. The van der Waals surface area contributed by atoms with Crippen LogP contribution in [0.2, 0.25) is 0 Å². The van der Waals surface area contributed by atoms with Crippen LogP contribution >= 0.6 is 0 Å². The first-order valence-corrected chi connectivity index (χ1v) is 8.76. The van der Waals surface area contributed by atoms with E-state index < -0.39 is 0 Å². The quantitative estimate of drug-likeness (QED) is 0.844. The van der Waals surface area contributed by atoms with Crippen molar-refractivity contribution in [3.63, 3.8) is 0 Å². The van der Waals surface area contributed by atoms with Gasteiger partial charge in [-0.2, -0.15) is 5.10 Å². The van der Waals surface area contributed by atoms with Gasteiger partial charge in [0.1, 0.15) is 0 Å². The van der Waals surface area contributed by atoms with Gasteiger partial charge in [0.15, 0.2) is 5.82 Å². The zero-order chi connectivity index (χ0) is 15.6. The van der Waals surface area contributed by atoms with Gasteiger partial charge >= 0.3 is 0 Å². The average Bonchev–Trinajstić information content (AvgIpc) is 3.47. The third-order valence-electron chi connectivity index (χ3n) is 5.15. The molecule has 0 unspecified atom stereocenters. The second-order valence-corrected chi connectivity index (χ2v) is 6.79. The summed E-state index contributed by atoms with van der Waals surface area (Å²) in [5.41, 5.74) is 1.13. The van der Waals surface area contributed by atoms with Crippen molar-refractivity contribution in [2.45, 2.75) is 31.6 Å². The van der Waals surface area contributed by atoms with Crippen LogP contribution in [-0.2, 0) is 9.53 Å². The van der Waals surface area contributed by atoms with Crippen molar-refractivity contribution >= 4 is 11.7 Å². The maximum atomic E-state index is 12.5. The second kappa shape index (κ2) is 6.43. The molecule has 0 N–H and O–H groups in total. The molecular formula is C17H24N4O2. The SMILES string of the molecule is O=C(C1CCOCC1)N1CCN(c2ccc(C3CC3)nn2)CC1. The molecule has 0 radical (unpaired) electrons. The summed E-state index contributed by atoms with van der Waals surface area (Å²) in [6, 6.07) is 4.19. The van der Waals surface area contributed by atoms with Crippen LogP contribution in [0.5, 0.6) is 0 Å². The Kier molecular flexibility index (Phi) is 4.16. The molecule has 2 aliphatic heterocycles. The van der Waals surface area contributed by atoms with Crippen LogP contribution in [0.15, 0.2) is 12.1 Å². The number of piperazine rings is 1. The lowest BCUT2D eigenvalue weighted by atomic mass is 9.98. The highest BCUT2D eigenvalue weighted by atomic mass is 16.5. The summed E-state index contributed by atoms with van der Waals surface area (Å²) in [5.74, 6) is 2.05. The average molecular weight is 316 g/mol. The van der Waals surface area contributed by atoms with Crippen molar-refractivity contribution in [3.8, 4) is 0 Å². The number of anilines is 1. The van der Waals surface area contributed by atoms with Gasteiger partial charge in [-0.15, -0.1) is 5.10 Å². The Morgan fingerprint density at radius 2 is 1.74 bits per heavy atom. The molecule has 0 atom stereocenters. The maximum Gasteiger partial charge on any atom is 0.225 e. The standard InChI is InChI=1S/C17H24N4O2/c22-17(14-5-11-23-12-6-14)21-9-7-20(8-10-21)16-4-3-15(18-19-16)13-1-2-13/h3-4,13-14H,1-2,5-12H2. The Bertz CT molecular complexity index is 544. The van der Waals surface area contributed by atoms with Gasteiger partial charge in [-0.25, -0.2) is 0 Å². The molecule has 1 aliphatic carbocycles. The molecule has 0 spiro atoms. The van der Waals surface area contributed by atoms with Gasteiger partial charge < -0.3 is 14.5 Å². The van der Waals surface area contributed by atoms with Crippen LogP contribution in [0.4, 0.5) is 5.82 Å². The second-order valence-electron chi connectivity index (χ2n) is 6.79. The van der Waals surface area contributed by atoms with E-state index in [1.807, 2.05) is 4.90 Å². The number of nitrogens with zero attached hydrogens (tertiary/aromatic N) is 4. The monoisotopic (exact) mass is 316 g/mol. The van der Waals surface area contributed by atoms with Gasteiger partial charge in [0.05, 0.1) is 5.69 Å². The minimum absolute atomic E-state index is 0.160. The summed E-state index contributed by atoms with van der Waals surface area (Å²) in [6.45, 7) is 4.68. The lowest BCUT2D eigenvalue weighted by Crippen LogP contribution is -2.51. The first kappa shape index (κ1) is 14.9. The van der Waals surface area contributed by atoms with Gasteiger partial charge in [-0.3, -0.25) is 4.79 Å². The number of carbonyl (C=O) groups excluding carboxylic acids is 1. The summed E-state index contributed by atoms with van der Waals surface area (Å²) in [5, 5.41) is 8.74. The Balaban J connectivity index is 1.32. The molecule has 3 fully saturated rings. The topological polar surface area (TPSA) is 58.6 Å². The predicted octanol–water partition coefficient (Wildman–Crippen LogP) is 1.43. The van der Waals surface area contributed by atoms with E-state index in [1.165, 1.54) is 12.8 Å². The Labute approximate surface area is 136 Å². The largest absolute Gasteiger partial charge is 0.381 e. The zero-order valence-corrected chi connectivity index (χ0v) is 13.5. The van der Waals surface area contributed by atoms with Crippen molar-refractivity contribution in [2.24, 2.45) is 5.92 Å². The molecule has 4 rings (SSSR count). The van der Waals surface area contributed by atoms with E-state index in [1.54, 1.807) is 0 Å². The van der Waals surface area contributed by atoms with Crippen LogP contribution in [0.1, 0.15) is 37.3 Å². The van der Waals surface area contributed by atoms with Gasteiger partial charge in [0.25, 0.3) is 0 Å². The summed E-state index contributed by atoms with van der Waals surface area (Å²) in [6.07, 6.45) is 4.24. The van der Waals surface area contributed by atoms with Crippen LogP contribution in [0, 0.1) is 5.92 Å². The molecule has 3 heterocycles. The molecule has 1 aromatic heterocycles. The zero-order valence-electron chi connectivity index (χ0n) is 13.5. The van der Waals surface area contributed by atoms with Gasteiger partial charge in [0, 0.05) is 51.2 Å². The summed E-state index contributed by atoms with van der Waals surface area (Å²) >= 11 is 0. The van der Waals surface area contributed by atoms with Crippen LogP contribution in [-0.4, -0.2) is 60.4 Å². The third-order valence-corrected chi connectivity index (χ3v) is 5.15. The van der Waals surface area contributed by atoms with E-state index in [0.717, 1.165) is 63.7 Å². The van der Waals surface area contributed by atoms with Gasteiger partial charge in [-0.05, 0) is 37.8 Å². The minimum atomic E-state index is 0.160. The lowest BCUT2D eigenvalue weighted by molar-refractivity contribution is -0.138. The van der Waals surface area contributed by atoms with E-state index >= 15 is 0 Å². The maximum absolute atomic E-state index is 12.5. The smallest absolute Gasteiger partial charge is 0.225 e. The van der Waals surface area contributed by atoms with E-state index in [4.69, 9.17) is 4.74 Å². The van der Waals surface area contributed by atoms with E-state index in [0.29, 0.717) is 11.8 Å². The number of hydrogen-bond acceptors (Lipinski definition) is 5. The van der Waals surface area contributed by atoms with Crippen molar-refractivity contribution in [1.29, 1.82) is 0 Å². The first-order valence-electron chi connectivity index (χ1n) is 8.76. The van der Waals surface area contributed by atoms with Gasteiger partial charge in [-0.1, -0.05) is 0 Å². The first-order chi connectivity index (χ1) is 11.3.